The van der Waals surface area contributed by atoms with Crippen LogP contribution >= 0.6 is 0 Å². The minimum Gasteiger partial charge on any atom is -0.379 e. The summed E-state index contributed by atoms with van der Waals surface area (Å²) in [5, 5.41) is 6.75. The number of morpholine rings is 1. The van der Waals surface area contributed by atoms with Crippen molar-refractivity contribution < 1.29 is 9.53 Å². The molecule has 2 aromatic heterocycles. The highest BCUT2D eigenvalue weighted by molar-refractivity contribution is 5.76. The Morgan fingerprint density at radius 3 is 2.62 bits per heavy atom. The van der Waals surface area contributed by atoms with Crippen molar-refractivity contribution >= 4 is 11.9 Å². The Bertz CT molecular complexity index is 931. The lowest BCUT2D eigenvalue weighted by molar-refractivity contribution is -0.122. The summed E-state index contributed by atoms with van der Waals surface area (Å²) in [6.45, 7) is 10.9. The number of anilines is 1. The fourth-order valence-electron chi connectivity index (χ4n) is 5.02. The average Bonchev–Trinajstić information content (AvgIpc) is 3.23. The van der Waals surface area contributed by atoms with E-state index in [2.05, 4.69) is 43.9 Å². The number of carbonyl (C=O) groups is 1. The van der Waals surface area contributed by atoms with Gasteiger partial charge in [-0.15, -0.1) is 0 Å². The Hall–Kier alpha value is -2.52. The van der Waals surface area contributed by atoms with E-state index >= 15 is 0 Å². The largest absolute Gasteiger partial charge is 0.379 e. The zero-order chi connectivity index (χ0) is 23.9. The summed E-state index contributed by atoms with van der Waals surface area (Å²) >= 11 is 0. The first-order valence-corrected chi connectivity index (χ1v) is 12.7. The van der Waals surface area contributed by atoms with Crippen molar-refractivity contribution in [3.8, 4) is 11.4 Å². The second-order valence-corrected chi connectivity index (χ2v) is 9.74. The number of imidazole rings is 1. The molecule has 34 heavy (non-hydrogen) atoms. The Labute approximate surface area is 202 Å². The summed E-state index contributed by atoms with van der Waals surface area (Å²) in [6.07, 6.45) is 9.15. The highest BCUT2D eigenvalue weighted by atomic mass is 16.5. The molecule has 0 unspecified atom stereocenters. The summed E-state index contributed by atoms with van der Waals surface area (Å²) in [5.41, 5.74) is 1.89. The summed E-state index contributed by atoms with van der Waals surface area (Å²) < 4.78 is 7.57. The molecule has 2 aliphatic rings. The van der Waals surface area contributed by atoms with Crippen LogP contribution in [0.5, 0.6) is 0 Å². The highest BCUT2D eigenvalue weighted by Gasteiger charge is 2.23. The van der Waals surface area contributed by atoms with Gasteiger partial charge in [0.25, 0.3) is 0 Å². The van der Waals surface area contributed by atoms with Crippen LogP contribution in [-0.4, -0.2) is 75.3 Å². The lowest BCUT2D eigenvalue weighted by Crippen LogP contribution is -2.41. The van der Waals surface area contributed by atoms with Gasteiger partial charge in [-0.2, -0.15) is 0 Å². The van der Waals surface area contributed by atoms with Crippen molar-refractivity contribution in [2.75, 3.05) is 38.2 Å². The minimum atomic E-state index is 0.178. The maximum Gasteiger partial charge on any atom is 0.223 e. The normalized spacial score (nSPS) is 21.5. The number of hydrogen-bond acceptors (Lipinski definition) is 7. The number of rotatable bonds is 9. The van der Waals surface area contributed by atoms with Crippen molar-refractivity contribution in [1.29, 1.82) is 0 Å². The second kappa shape index (κ2) is 11.8. The van der Waals surface area contributed by atoms with Crippen molar-refractivity contribution in [2.45, 2.75) is 77.4 Å². The molecule has 1 aliphatic heterocycles. The SMILES string of the molecule is Cc1ncc(-c2ccnc(N[C@H]3CC[C@H](NC(=O)CCCN4CCOCC4)CC3)n2)n1C(C)C. The predicted octanol–water partition coefficient (Wildman–Crippen LogP) is 3.18. The molecule has 2 N–H and O–H groups in total. The molecule has 9 heteroatoms. The van der Waals surface area contributed by atoms with Gasteiger partial charge in [-0.05, 0) is 65.5 Å². The molecule has 1 saturated heterocycles. The standard InChI is InChI=1S/C25H39N7O2/c1-18(2)32-19(3)27-17-23(32)22-10-11-26-25(30-22)29-21-8-6-20(7-9-21)28-24(33)5-4-12-31-13-15-34-16-14-31/h10-11,17-18,20-21H,4-9,12-16H2,1-3H3,(H,28,33)(H,26,29,30)/t20-,21-. The zero-order valence-corrected chi connectivity index (χ0v) is 20.8. The molecule has 2 aromatic rings. The quantitative estimate of drug-likeness (QED) is 0.582. The number of aryl methyl sites for hydroxylation is 1. The molecule has 0 spiro atoms. The number of hydrogen-bond donors (Lipinski definition) is 2. The second-order valence-electron chi connectivity index (χ2n) is 9.74. The molecule has 0 radical (unpaired) electrons. The van der Waals surface area contributed by atoms with E-state index in [4.69, 9.17) is 9.72 Å². The maximum atomic E-state index is 12.4. The van der Waals surface area contributed by atoms with Gasteiger partial charge in [0.15, 0.2) is 0 Å². The molecule has 2 fully saturated rings. The predicted molar refractivity (Wildman–Crippen MR) is 133 cm³/mol. The van der Waals surface area contributed by atoms with Crippen LogP contribution in [0.3, 0.4) is 0 Å². The third kappa shape index (κ3) is 6.54. The molecule has 0 aromatic carbocycles. The molecule has 3 heterocycles. The number of ether oxygens (including phenoxy) is 1. The third-order valence-electron chi connectivity index (χ3n) is 6.82. The molecule has 1 aliphatic carbocycles. The summed E-state index contributed by atoms with van der Waals surface area (Å²) in [5.74, 6) is 1.82. The first kappa shape index (κ1) is 24.6. The number of aromatic nitrogens is 4. The maximum absolute atomic E-state index is 12.4. The van der Waals surface area contributed by atoms with Crippen molar-refractivity contribution in [2.24, 2.45) is 0 Å². The smallest absolute Gasteiger partial charge is 0.223 e. The number of nitrogens with zero attached hydrogens (tertiary/aromatic N) is 5. The Morgan fingerprint density at radius 2 is 1.88 bits per heavy atom. The van der Waals surface area contributed by atoms with Crippen molar-refractivity contribution in [1.82, 2.24) is 29.7 Å². The van der Waals surface area contributed by atoms with Crippen LogP contribution in [0.2, 0.25) is 0 Å². The van der Waals surface area contributed by atoms with Gasteiger partial charge in [0.05, 0.1) is 30.8 Å². The van der Waals surface area contributed by atoms with Gasteiger partial charge < -0.3 is 19.9 Å². The van der Waals surface area contributed by atoms with Crippen LogP contribution in [0.25, 0.3) is 11.4 Å². The number of nitrogens with one attached hydrogen (secondary N) is 2. The van der Waals surface area contributed by atoms with E-state index in [1.807, 2.05) is 19.2 Å². The van der Waals surface area contributed by atoms with Crippen LogP contribution in [0, 0.1) is 6.92 Å². The van der Waals surface area contributed by atoms with Gasteiger partial charge >= 0.3 is 0 Å². The Kier molecular flexibility index (Phi) is 8.50. The van der Waals surface area contributed by atoms with E-state index < -0.39 is 0 Å². The van der Waals surface area contributed by atoms with Crippen LogP contribution in [-0.2, 0) is 9.53 Å². The fourth-order valence-corrected chi connectivity index (χ4v) is 5.02. The average molecular weight is 470 g/mol. The molecule has 1 amide bonds. The van der Waals surface area contributed by atoms with E-state index in [9.17, 15) is 4.79 Å². The molecule has 9 nitrogen and oxygen atoms in total. The minimum absolute atomic E-state index is 0.178. The van der Waals surface area contributed by atoms with Crippen molar-refractivity contribution in [3.63, 3.8) is 0 Å². The van der Waals surface area contributed by atoms with Gasteiger partial charge in [0.2, 0.25) is 11.9 Å². The van der Waals surface area contributed by atoms with Gasteiger partial charge in [0, 0.05) is 43.8 Å². The number of amides is 1. The third-order valence-corrected chi connectivity index (χ3v) is 6.82. The fraction of sp³-hybridized carbons (Fsp3) is 0.680. The lowest BCUT2D eigenvalue weighted by Gasteiger charge is -2.30. The van der Waals surface area contributed by atoms with E-state index in [-0.39, 0.29) is 11.9 Å². The molecule has 0 atom stereocenters. The molecule has 186 valence electrons. The summed E-state index contributed by atoms with van der Waals surface area (Å²) in [4.78, 5) is 28.4. The zero-order valence-electron chi connectivity index (χ0n) is 20.8. The summed E-state index contributed by atoms with van der Waals surface area (Å²) in [7, 11) is 0. The van der Waals surface area contributed by atoms with Gasteiger partial charge in [-0.25, -0.2) is 15.0 Å². The molecular formula is C25H39N7O2. The van der Waals surface area contributed by atoms with Gasteiger partial charge in [-0.1, -0.05) is 0 Å². The van der Waals surface area contributed by atoms with E-state index in [0.717, 1.165) is 82.2 Å². The topological polar surface area (TPSA) is 97.2 Å². The number of carbonyl (C=O) groups excluding carboxylic acids is 1. The van der Waals surface area contributed by atoms with Crippen LogP contribution in [0.1, 0.15) is 64.2 Å². The summed E-state index contributed by atoms with van der Waals surface area (Å²) in [6, 6.07) is 2.84. The lowest BCUT2D eigenvalue weighted by atomic mass is 9.91. The van der Waals surface area contributed by atoms with Crippen LogP contribution in [0.15, 0.2) is 18.5 Å². The molecule has 4 rings (SSSR count). The monoisotopic (exact) mass is 469 g/mol. The van der Waals surface area contributed by atoms with E-state index in [0.29, 0.717) is 24.5 Å². The molecule has 0 bridgehead atoms. The Balaban J connectivity index is 1.21. The van der Waals surface area contributed by atoms with Crippen LogP contribution in [0.4, 0.5) is 5.95 Å². The van der Waals surface area contributed by atoms with E-state index in [1.165, 1.54) is 0 Å². The Morgan fingerprint density at radius 1 is 1.15 bits per heavy atom. The van der Waals surface area contributed by atoms with Crippen LogP contribution < -0.4 is 10.6 Å². The highest BCUT2D eigenvalue weighted by Crippen LogP contribution is 2.25. The molecular weight excluding hydrogens is 430 g/mol. The van der Waals surface area contributed by atoms with Gasteiger partial charge in [-0.3, -0.25) is 9.69 Å². The first-order chi connectivity index (χ1) is 16.5. The van der Waals surface area contributed by atoms with Crippen molar-refractivity contribution in [3.05, 3.63) is 24.3 Å². The molecule has 1 saturated carbocycles. The first-order valence-electron chi connectivity index (χ1n) is 12.7. The van der Waals surface area contributed by atoms with Gasteiger partial charge in [0.1, 0.15) is 5.82 Å². The van der Waals surface area contributed by atoms with E-state index in [1.54, 1.807) is 6.20 Å².